The van der Waals surface area contributed by atoms with Crippen molar-refractivity contribution in [2.75, 3.05) is 19.5 Å². The van der Waals surface area contributed by atoms with Crippen molar-refractivity contribution in [2.24, 2.45) is 5.92 Å². The zero-order valence-electron chi connectivity index (χ0n) is 14.2. The largest absolute Gasteiger partial charge is 0.494 e. The molecular formula is C17H26O6S. The van der Waals surface area contributed by atoms with Crippen LogP contribution in [0.4, 0.5) is 0 Å². The van der Waals surface area contributed by atoms with Gasteiger partial charge < -0.3 is 9.84 Å². The predicted octanol–water partition coefficient (Wildman–Crippen LogP) is 2.87. The maximum atomic E-state index is 11.3. The Morgan fingerprint density at radius 1 is 1.17 bits per heavy atom. The summed E-state index contributed by atoms with van der Waals surface area (Å²) in [4.78, 5) is 11.3. The molecule has 0 saturated carbocycles. The molecule has 0 radical (unpaired) electrons. The van der Waals surface area contributed by atoms with Crippen LogP contribution < -0.4 is 4.74 Å². The van der Waals surface area contributed by atoms with E-state index in [9.17, 15) is 18.3 Å². The number of hydrogen-bond acceptors (Lipinski definition) is 5. The Morgan fingerprint density at radius 3 is 2.38 bits per heavy atom. The summed E-state index contributed by atoms with van der Waals surface area (Å²) >= 11 is 0. The second-order valence-corrected chi connectivity index (χ2v) is 7.40. The van der Waals surface area contributed by atoms with Crippen molar-refractivity contribution < 1.29 is 27.2 Å². The van der Waals surface area contributed by atoms with Gasteiger partial charge in [-0.15, -0.1) is 0 Å². The lowest BCUT2D eigenvalue weighted by Gasteiger charge is -2.12. The summed E-state index contributed by atoms with van der Waals surface area (Å²) < 4.78 is 31.7. The molecule has 0 aliphatic rings. The molecule has 1 atom stereocenters. The number of ether oxygens (including phenoxy) is 1. The summed E-state index contributed by atoms with van der Waals surface area (Å²) in [7, 11) is -3.40. The Morgan fingerprint density at radius 2 is 1.83 bits per heavy atom. The smallest absolute Gasteiger partial charge is 0.306 e. The van der Waals surface area contributed by atoms with E-state index in [2.05, 4.69) is 4.18 Å². The first kappa shape index (κ1) is 20.4. The highest BCUT2D eigenvalue weighted by molar-refractivity contribution is 7.85. The summed E-state index contributed by atoms with van der Waals surface area (Å²) in [5.41, 5.74) is 0.964. The molecule has 0 spiro atoms. The molecule has 24 heavy (non-hydrogen) atoms. The average molecular weight is 358 g/mol. The van der Waals surface area contributed by atoms with Gasteiger partial charge in [0.15, 0.2) is 0 Å². The first-order chi connectivity index (χ1) is 11.3. The van der Waals surface area contributed by atoms with Crippen LogP contribution in [0.1, 0.15) is 38.2 Å². The van der Waals surface area contributed by atoms with E-state index in [1.54, 1.807) is 12.1 Å². The highest BCUT2D eigenvalue weighted by Gasteiger charge is 2.17. The van der Waals surface area contributed by atoms with Crippen LogP contribution in [0.2, 0.25) is 0 Å². The molecule has 7 heteroatoms. The number of unbranched alkanes of at least 4 members (excludes halogenated alkanes) is 1. The van der Waals surface area contributed by atoms with Gasteiger partial charge in [0.05, 0.1) is 25.4 Å². The topological polar surface area (TPSA) is 89.9 Å². The van der Waals surface area contributed by atoms with E-state index in [0.29, 0.717) is 31.6 Å². The molecule has 1 N–H and O–H groups in total. The Labute approximate surface area is 143 Å². The van der Waals surface area contributed by atoms with Crippen LogP contribution in [0, 0.1) is 5.92 Å². The summed E-state index contributed by atoms with van der Waals surface area (Å²) in [6.45, 7) is 2.49. The van der Waals surface area contributed by atoms with Crippen molar-refractivity contribution >= 4 is 16.1 Å². The monoisotopic (exact) mass is 358 g/mol. The Kier molecular flexibility index (Phi) is 8.78. The van der Waals surface area contributed by atoms with E-state index < -0.39 is 16.1 Å². The van der Waals surface area contributed by atoms with Crippen molar-refractivity contribution in [3.63, 3.8) is 0 Å². The van der Waals surface area contributed by atoms with Crippen molar-refractivity contribution in [1.82, 2.24) is 0 Å². The number of carboxylic acid groups (broad SMARTS) is 1. The molecule has 1 aromatic carbocycles. The molecule has 0 heterocycles. The second kappa shape index (κ2) is 10.3. The zero-order chi connectivity index (χ0) is 18.0. The summed E-state index contributed by atoms with van der Waals surface area (Å²) in [6.07, 6.45) is 4.57. The average Bonchev–Trinajstić information content (AvgIpc) is 2.51. The minimum Gasteiger partial charge on any atom is -0.494 e. The number of carboxylic acids is 1. The maximum absolute atomic E-state index is 11.3. The van der Waals surface area contributed by atoms with Crippen LogP contribution in [0.15, 0.2) is 24.3 Å². The van der Waals surface area contributed by atoms with Crippen LogP contribution in [0.3, 0.4) is 0 Å². The fourth-order valence-corrected chi connectivity index (χ4v) is 2.65. The second-order valence-electron chi connectivity index (χ2n) is 5.75. The summed E-state index contributed by atoms with van der Waals surface area (Å²) in [5.74, 6) is -0.446. The van der Waals surface area contributed by atoms with E-state index in [4.69, 9.17) is 4.74 Å². The highest BCUT2D eigenvalue weighted by Crippen LogP contribution is 2.19. The molecule has 0 aliphatic carbocycles. The molecule has 1 unspecified atom stereocenters. The van der Waals surface area contributed by atoms with Gasteiger partial charge >= 0.3 is 5.97 Å². The Bertz CT molecular complexity index is 594. The first-order valence-corrected chi connectivity index (χ1v) is 9.92. The van der Waals surface area contributed by atoms with Gasteiger partial charge in [-0.05, 0) is 30.5 Å². The molecule has 6 nitrogen and oxygen atoms in total. The third-order valence-electron chi connectivity index (χ3n) is 3.52. The first-order valence-electron chi connectivity index (χ1n) is 8.10. The number of carbonyl (C=O) groups is 1. The minimum absolute atomic E-state index is 0.0919. The van der Waals surface area contributed by atoms with E-state index in [-0.39, 0.29) is 12.5 Å². The Hall–Kier alpha value is -1.60. The fourth-order valence-electron chi connectivity index (χ4n) is 2.23. The van der Waals surface area contributed by atoms with Crippen LogP contribution in [-0.2, 0) is 25.5 Å². The van der Waals surface area contributed by atoms with Gasteiger partial charge in [-0.25, -0.2) is 0 Å². The Balaban J connectivity index is 2.40. The van der Waals surface area contributed by atoms with E-state index >= 15 is 0 Å². The van der Waals surface area contributed by atoms with Gasteiger partial charge in [0.25, 0.3) is 10.1 Å². The molecule has 0 aliphatic heterocycles. The normalized spacial score (nSPS) is 12.8. The highest BCUT2D eigenvalue weighted by atomic mass is 32.2. The number of aliphatic carboxylic acids is 1. The SMILES string of the molecule is CCCCC(Cc1ccc(OCCCOS(C)(=O)=O)cc1)C(=O)O. The van der Waals surface area contributed by atoms with Gasteiger partial charge in [-0.2, -0.15) is 8.42 Å². The molecule has 1 rings (SSSR count). The minimum atomic E-state index is -3.40. The maximum Gasteiger partial charge on any atom is 0.306 e. The van der Waals surface area contributed by atoms with Crippen molar-refractivity contribution in [3.05, 3.63) is 29.8 Å². The van der Waals surface area contributed by atoms with Crippen LogP contribution in [0.25, 0.3) is 0 Å². The number of rotatable bonds is 12. The molecule has 0 bridgehead atoms. The zero-order valence-corrected chi connectivity index (χ0v) is 15.0. The van der Waals surface area contributed by atoms with Crippen LogP contribution >= 0.6 is 0 Å². The summed E-state index contributed by atoms with van der Waals surface area (Å²) in [5, 5.41) is 9.26. The molecule has 0 fully saturated rings. The number of benzene rings is 1. The van der Waals surface area contributed by atoms with Crippen molar-refractivity contribution in [2.45, 2.75) is 39.0 Å². The van der Waals surface area contributed by atoms with E-state index in [0.717, 1.165) is 24.7 Å². The molecule has 0 amide bonds. The number of hydrogen-bond donors (Lipinski definition) is 1. The van der Waals surface area contributed by atoms with E-state index in [1.807, 2.05) is 19.1 Å². The lowest BCUT2D eigenvalue weighted by atomic mass is 9.94. The fraction of sp³-hybridized carbons (Fsp3) is 0.588. The van der Waals surface area contributed by atoms with Crippen LogP contribution in [-0.4, -0.2) is 39.0 Å². The lowest BCUT2D eigenvalue weighted by molar-refractivity contribution is -0.142. The van der Waals surface area contributed by atoms with Crippen molar-refractivity contribution in [3.8, 4) is 5.75 Å². The molecule has 0 saturated heterocycles. The van der Waals surface area contributed by atoms with Gasteiger partial charge in [-0.1, -0.05) is 31.9 Å². The third-order valence-corrected chi connectivity index (χ3v) is 4.11. The van der Waals surface area contributed by atoms with Crippen LogP contribution in [0.5, 0.6) is 5.75 Å². The quantitative estimate of drug-likeness (QED) is 0.456. The van der Waals surface area contributed by atoms with Crippen molar-refractivity contribution in [1.29, 1.82) is 0 Å². The molecule has 1 aromatic rings. The lowest BCUT2D eigenvalue weighted by Crippen LogP contribution is -2.16. The summed E-state index contributed by atoms with van der Waals surface area (Å²) in [6, 6.07) is 7.32. The van der Waals surface area contributed by atoms with Gasteiger partial charge in [-0.3, -0.25) is 8.98 Å². The molecule has 0 aromatic heterocycles. The van der Waals surface area contributed by atoms with E-state index in [1.165, 1.54) is 0 Å². The van der Waals surface area contributed by atoms with Gasteiger partial charge in [0.1, 0.15) is 5.75 Å². The molecular weight excluding hydrogens is 332 g/mol. The third kappa shape index (κ3) is 8.88. The molecule has 136 valence electrons. The predicted molar refractivity (Wildman–Crippen MR) is 91.7 cm³/mol. The van der Waals surface area contributed by atoms with Gasteiger partial charge in [0, 0.05) is 6.42 Å². The standard InChI is InChI=1S/C17H26O6S/c1-3-4-6-15(17(18)19)13-14-7-9-16(10-8-14)22-11-5-12-23-24(2,20)21/h7-10,15H,3-6,11-13H2,1-2H3,(H,18,19). The van der Waals surface area contributed by atoms with Gasteiger partial charge in [0.2, 0.25) is 0 Å².